The first-order chi connectivity index (χ1) is 9.20. The van der Waals surface area contributed by atoms with Gasteiger partial charge in [-0.1, -0.05) is 5.16 Å². The number of carbonyl (C=O) groups is 1. The fourth-order valence-electron chi connectivity index (χ4n) is 1.78. The molecule has 0 bridgehead atoms. The average Bonchev–Trinajstić information content (AvgIpc) is 2.91. The molecule has 19 heavy (non-hydrogen) atoms. The van der Waals surface area contributed by atoms with Crippen molar-refractivity contribution in [2.75, 3.05) is 18.9 Å². The summed E-state index contributed by atoms with van der Waals surface area (Å²) in [6.07, 6.45) is 1.83. The normalized spacial score (nSPS) is 10.2. The Morgan fingerprint density at radius 2 is 2.26 bits per heavy atom. The van der Waals surface area contributed by atoms with Crippen LogP contribution in [0.5, 0.6) is 0 Å². The zero-order valence-corrected chi connectivity index (χ0v) is 10.9. The molecule has 0 fully saturated rings. The molecule has 0 aliphatic carbocycles. The number of anilines is 1. The number of nitrogens with zero attached hydrogens (tertiary/aromatic N) is 2. The Balaban J connectivity index is 1.91. The summed E-state index contributed by atoms with van der Waals surface area (Å²) in [5.41, 5.74) is 2.70. The summed E-state index contributed by atoms with van der Waals surface area (Å²) in [5, 5.41) is 9.56. The smallest absolute Gasteiger partial charge is 0.251 e. The summed E-state index contributed by atoms with van der Waals surface area (Å²) in [7, 11) is 1.85. The van der Waals surface area contributed by atoms with Gasteiger partial charge in [0.05, 0.1) is 0 Å². The predicted molar refractivity (Wildman–Crippen MR) is 71.1 cm³/mol. The van der Waals surface area contributed by atoms with E-state index < -0.39 is 0 Å². The van der Waals surface area contributed by atoms with Crippen LogP contribution in [-0.2, 0) is 6.42 Å². The van der Waals surface area contributed by atoms with Crippen LogP contribution in [0.2, 0.25) is 0 Å². The van der Waals surface area contributed by atoms with Crippen molar-refractivity contribution in [2.45, 2.75) is 13.3 Å². The highest BCUT2D eigenvalue weighted by atomic mass is 16.5. The van der Waals surface area contributed by atoms with Gasteiger partial charge in [-0.15, -0.1) is 0 Å². The fourth-order valence-corrected chi connectivity index (χ4v) is 1.78. The first-order valence-electron chi connectivity index (χ1n) is 6.02. The van der Waals surface area contributed by atoms with Crippen molar-refractivity contribution in [3.05, 3.63) is 41.5 Å². The van der Waals surface area contributed by atoms with E-state index in [1.165, 1.54) is 6.39 Å². The third-order valence-electron chi connectivity index (χ3n) is 2.80. The minimum absolute atomic E-state index is 0.103. The summed E-state index contributed by atoms with van der Waals surface area (Å²) in [6.45, 7) is 2.44. The Bertz CT molecular complexity index is 552. The maximum atomic E-state index is 11.9. The molecule has 0 saturated carbocycles. The Morgan fingerprint density at radius 1 is 1.42 bits per heavy atom. The number of benzene rings is 1. The Kier molecular flexibility index (Phi) is 4.12. The van der Waals surface area contributed by atoms with Crippen molar-refractivity contribution < 1.29 is 9.32 Å². The second-order valence-electron chi connectivity index (χ2n) is 4.13. The monoisotopic (exact) mass is 260 g/mol. The van der Waals surface area contributed by atoms with Crippen LogP contribution >= 0.6 is 0 Å². The van der Waals surface area contributed by atoms with E-state index in [2.05, 4.69) is 25.3 Å². The lowest BCUT2D eigenvalue weighted by Crippen LogP contribution is -2.26. The molecule has 1 aromatic heterocycles. The summed E-state index contributed by atoms with van der Waals surface area (Å²) in [6, 6.07) is 5.54. The molecular formula is C13H16N4O2. The number of aromatic nitrogens is 2. The van der Waals surface area contributed by atoms with Crippen molar-refractivity contribution in [2.24, 2.45) is 0 Å². The molecule has 2 N–H and O–H groups in total. The molecule has 1 aromatic carbocycles. The topological polar surface area (TPSA) is 80.0 Å². The highest BCUT2D eigenvalue weighted by Crippen LogP contribution is 2.15. The van der Waals surface area contributed by atoms with E-state index >= 15 is 0 Å². The van der Waals surface area contributed by atoms with E-state index in [9.17, 15) is 4.79 Å². The van der Waals surface area contributed by atoms with Gasteiger partial charge in [0.15, 0.2) is 5.82 Å². The molecule has 0 aliphatic heterocycles. The number of aryl methyl sites for hydroxylation is 1. The second-order valence-corrected chi connectivity index (χ2v) is 4.13. The minimum atomic E-state index is -0.103. The minimum Gasteiger partial charge on any atom is -0.388 e. The predicted octanol–water partition coefficient (Wildman–Crippen LogP) is 1.39. The molecule has 6 nitrogen and oxygen atoms in total. The number of hydrogen-bond donors (Lipinski definition) is 2. The molecule has 2 aromatic rings. The molecule has 6 heteroatoms. The SMILES string of the molecule is CNc1ccc(C(=O)NCCc2ncon2)cc1C. The molecule has 0 radical (unpaired) electrons. The van der Waals surface area contributed by atoms with Gasteiger partial charge in [0.25, 0.3) is 5.91 Å². The molecule has 0 spiro atoms. The maximum absolute atomic E-state index is 11.9. The van der Waals surface area contributed by atoms with Crippen LogP contribution in [0, 0.1) is 6.92 Å². The lowest BCUT2D eigenvalue weighted by molar-refractivity contribution is 0.0954. The lowest BCUT2D eigenvalue weighted by atomic mass is 10.1. The summed E-state index contributed by atoms with van der Waals surface area (Å²) in [5.74, 6) is 0.483. The van der Waals surface area contributed by atoms with Gasteiger partial charge in [-0.25, -0.2) is 0 Å². The summed E-state index contributed by atoms with van der Waals surface area (Å²) in [4.78, 5) is 15.8. The van der Waals surface area contributed by atoms with Crippen molar-refractivity contribution in [1.82, 2.24) is 15.5 Å². The van der Waals surface area contributed by atoms with Crippen LogP contribution in [0.4, 0.5) is 5.69 Å². The van der Waals surface area contributed by atoms with E-state index in [1.807, 2.05) is 26.1 Å². The zero-order chi connectivity index (χ0) is 13.7. The zero-order valence-electron chi connectivity index (χ0n) is 10.9. The van der Waals surface area contributed by atoms with Gasteiger partial charge in [-0.3, -0.25) is 4.79 Å². The van der Waals surface area contributed by atoms with Gasteiger partial charge < -0.3 is 15.2 Å². The largest absolute Gasteiger partial charge is 0.388 e. The fraction of sp³-hybridized carbons (Fsp3) is 0.308. The second kappa shape index (κ2) is 5.99. The van der Waals surface area contributed by atoms with Gasteiger partial charge in [0, 0.05) is 31.3 Å². The van der Waals surface area contributed by atoms with Crippen LogP contribution in [0.15, 0.2) is 29.1 Å². The molecule has 0 unspecified atom stereocenters. The number of rotatable bonds is 5. The van der Waals surface area contributed by atoms with Crippen molar-refractivity contribution in [1.29, 1.82) is 0 Å². The van der Waals surface area contributed by atoms with Gasteiger partial charge in [0.2, 0.25) is 6.39 Å². The third-order valence-corrected chi connectivity index (χ3v) is 2.80. The molecule has 1 amide bonds. The van der Waals surface area contributed by atoms with Crippen LogP contribution in [0.1, 0.15) is 21.7 Å². The van der Waals surface area contributed by atoms with Gasteiger partial charge in [-0.2, -0.15) is 4.98 Å². The van der Waals surface area contributed by atoms with E-state index in [0.717, 1.165) is 11.3 Å². The summed E-state index contributed by atoms with van der Waals surface area (Å²) >= 11 is 0. The van der Waals surface area contributed by atoms with Crippen LogP contribution in [0.25, 0.3) is 0 Å². The van der Waals surface area contributed by atoms with Gasteiger partial charge in [-0.05, 0) is 30.7 Å². The van der Waals surface area contributed by atoms with Crippen molar-refractivity contribution in [3.8, 4) is 0 Å². The molecule has 0 atom stereocenters. The van der Waals surface area contributed by atoms with Gasteiger partial charge in [0.1, 0.15) is 0 Å². The van der Waals surface area contributed by atoms with Crippen LogP contribution in [0.3, 0.4) is 0 Å². The average molecular weight is 260 g/mol. The van der Waals surface area contributed by atoms with Crippen molar-refractivity contribution >= 4 is 11.6 Å². The Labute approximate surface area is 111 Å². The Morgan fingerprint density at radius 3 is 2.89 bits per heavy atom. The molecular weight excluding hydrogens is 244 g/mol. The molecule has 1 heterocycles. The highest BCUT2D eigenvalue weighted by Gasteiger charge is 2.07. The number of amides is 1. The Hall–Kier alpha value is -2.37. The number of nitrogens with one attached hydrogen (secondary N) is 2. The standard InChI is InChI=1S/C13H16N4O2/c1-9-7-10(3-4-11(9)14-2)13(18)15-6-5-12-16-8-19-17-12/h3-4,7-8,14H,5-6H2,1-2H3,(H,15,18). The van der Waals surface area contributed by atoms with E-state index in [1.54, 1.807) is 6.07 Å². The summed E-state index contributed by atoms with van der Waals surface area (Å²) < 4.78 is 4.62. The molecule has 0 saturated heterocycles. The maximum Gasteiger partial charge on any atom is 0.251 e. The quantitative estimate of drug-likeness (QED) is 0.849. The molecule has 0 aliphatic rings. The first kappa shape index (κ1) is 13.1. The molecule has 100 valence electrons. The van der Waals surface area contributed by atoms with Crippen LogP contribution in [-0.4, -0.2) is 29.6 Å². The molecule has 2 rings (SSSR count). The number of carbonyl (C=O) groups excluding carboxylic acids is 1. The van der Waals surface area contributed by atoms with E-state index in [0.29, 0.717) is 24.4 Å². The lowest BCUT2D eigenvalue weighted by Gasteiger charge is -2.08. The number of hydrogen-bond acceptors (Lipinski definition) is 5. The van der Waals surface area contributed by atoms with E-state index in [-0.39, 0.29) is 5.91 Å². The van der Waals surface area contributed by atoms with Crippen LogP contribution < -0.4 is 10.6 Å². The van der Waals surface area contributed by atoms with Gasteiger partial charge >= 0.3 is 0 Å². The highest BCUT2D eigenvalue weighted by molar-refractivity contribution is 5.94. The first-order valence-corrected chi connectivity index (χ1v) is 6.02. The van der Waals surface area contributed by atoms with E-state index in [4.69, 9.17) is 0 Å². The van der Waals surface area contributed by atoms with Crippen molar-refractivity contribution in [3.63, 3.8) is 0 Å². The third kappa shape index (κ3) is 3.31.